The Balaban J connectivity index is 1.48. The predicted octanol–water partition coefficient (Wildman–Crippen LogP) is 4.04. The van der Waals surface area contributed by atoms with E-state index in [4.69, 9.17) is 4.74 Å². The van der Waals surface area contributed by atoms with E-state index in [2.05, 4.69) is 41.1 Å². The number of methoxy groups -OCH3 is 1. The predicted molar refractivity (Wildman–Crippen MR) is 108 cm³/mol. The van der Waals surface area contributed by atoms with Crippen LogP contribution < -0.4 is 4.90 Å². The molecule has 0 spiro atoms. The van der Waals surface area contributed by atoms with E-state index in [1.807, 2.05) is 6.07 Å². The van der Waals surface area contributed by atoms with Crippen LogP contribution in [0.4, 0.5) is 10.1 Å². The van der Waals surface area contributed by atoms with Crippen molar-refractivity contribution in [2.45, 2.75) is 44.4 Å². The van der Waals surface area contributed by atoms with Crippen molar-refractivity contribution in [2.24, 2.45) is 0 Å². The van der Waals surface area contributed by atoms with E-state index in [9.17, 15) is 4.39 Å². The van der Waals surface area contributed by atoms with Gasteiger partial charge in [0.15, 0.2) is 0 Å². The second kappa shape index (κ2) is 7.99. The molecule has 27 heavy (non-hydrogen) atoms. The summed E-state index contributed by atoms with van der Waals surface area (Å²) in [7, 11) is 3.96. The molecule has 1 aliphatic carbocycles. The molecule has 0 amide bonds. The smallest absolute Gasteiger partial charge is 0.123 e. The Morgan fingerprint density at radius 2 is 1.74 bits per heavy atom. The summed E-state index contributed by atoms with van der Waals surface area (Å²) in [5.74, 6) is -0.149. The van der Waals surface area contributed by atoms with Crippen molar-refractivity contribution in [3.05, 3.63) is 65.0 Å². The lowest BCUT2D eigenvalue weighted by atomic mass is 10.0. The van der Waals surface area contributed by atoms with Crippen molar-refractivity contribution >= 4 is 5.69 Å². The monoisotopic (exact) mass is 368 g/mol. The number of benzene rings is 2. The fraction of sp³-hybridized carbons (Fsp3) is 0.478. The lowest BCUT2D eigenvalue weighted by Gasteiger charge is -2.35. The molecule has 0 radical (unpaired) electrons. The van der Waals surface area contributed by atoms with Gasteiger partial charge in [0.05, 0.1) is 6.10 Å². The van der Waals surface area contributed by atoms with Gasteiger partial charge in [-0.2, -0.15) is 0 Å². The van der Waals surface area contributed by atoms with Gasteiger partial charge in [0.25, 0.3) is 0 Å². The third-order valence-corrected chi connectivity index (χ3v) is 6.23. The minimum atomic E-state index is -0.149. The van der Waals surface area contributed by atoms with E-state index in [-0.39, 0.29) is 5.82 Å². The minimum Gasteiger partial charge on any atom is -0.381 e. The molecule has 2 aromatic rings. The fourth-order valence-electron chi connectivity index (χ4n) is 4.57. The van der Waals surface area contributed by atoms with Crippen LogP contribution in [0.15, 0.2) is 42.5 Å². The Kier molecular flexibility index (Phi) is 5.46. The molecule has 0 aromatic heterocycles. The molecule has 2 aromatic carbocycles. The van der Waals surface area contributed by atoms with Gasteiger partial charge in [-0.25, -0.2) is 4.39 Å². The molecule has 1 aliphatic heterocycles. The highest BCUT2D eigenvalue weighted by Crippen LogP contribution is 2.30. The van der Waals surface area contributed by atoms with E-state index in [1.54, 1.807) is 19.2 Å². The molecular formula is C23H29FN2O. The molecule has 1 saturated heterocycles. The number of likely N-dealkylation sites (N-methyl/N-ethyl adjacent to an activating group) is 1. The van der Waals surface area contributed by atoms with Gasteiger partial charge in [-0.1, -0.05) is 24.3 Å². The molecule has 0 N–H and O–H groups in total. The Morgan fingerprint density at radius 1 is 1.07 bits per heavy atom. The zero-order valence-electron chi connectivity index (χ0n) is 16.3. The van der Waals surface area contributed by atoms with E-state index in [0.717, 1.165) is 50.9 Å². The van der Waals surface area contributed by atoms with Gasteiger partial charge in [-0.3, -0.25) is 4.90 Å². The van der Waals surface area contributed by atoms with Crippen molar-refractivity contribution in [3.8, 4) is 0 Å². The van der Waals surface area contributed by atoms with E-state index < -0.39 is 0 Å². The standard InChI is InChI=1S/C23H29FN2O/c1-25(21-14-17-5-3-4-6-18(17)15-21)16-19-13-20(24)7-8-23(19)26-11-9-22(27-2)10-12-26/h3-8,13,21-22H,9-12,14-16H2,1-2H3. The highest BCUT2D eigenvalue weighted by atomic mass is 19.1. The van der Waals surface area contributed by atoms with Crippen molar-refractivity contribution in [1.82, 2.24) is 4.90 Å². The summed E-state index contributed by atoms with van der Waals surface area (Å²) < 4.78 is 19.5. The number of halogens is 1. The third-order valence-electron chi connectivity index (χ3n) is 6.23. The molecule has 0 bridgehead atoms. The topological polar surface area (TPSA) is 15.7 Å². The molecule has 4 rings (SSSR count). The quantitative estimate of drug-likeness (QED) is 0.792. The van der Waals surface area contributed by atoms with Crippen LogP contribution in [0.2, 0.25) is 0 Å². The molecule has 1 heterocycles. The summed E-state index contributed by atoms with van der Waals surface area (Å²) in [5.41, 5.74) is 5.17. The van der Waals surface area contributed by atoms with Crippen molar-refractivity contribution in [2.75, 3.05) is 32.1 Å². The number of fused-ring (bicyclic) bond motifs is 1. The Bertz CT molecular complexity index is 761. The molecular weight excluding hydrogens is 339 g/mol. The number of hydrogen-bond donors (Lipinski definition) is 0. The first kappa shape index (κ1) is 18.5. The minimum absolute atomic E-state index is 0.149. The SMILES string of the molecule is COC1CCN(c2ccc(F)cc2CN(C)C2Cc3ccccc3C2)CC1. The van der Waals surface area contributed by atoms with Gasteiger partial charge in [0.1, 0.15) is 5.82 Å². The molecule has 144 valence electrons. The maximum atomic E-state index is 14.0. The molecule has 4 heteroatoms. The molecule has 0 saturated carbocycles. The first-order valence-corrected chi connectivity index (χ1v) is 9.97. The highest BCUT2D eigenvalue weighted by Gasteiger charge is 2.26. The Hall–Kier alpha value is -1.91. The van der Waals surface area contributed by atoms with Crippen LogP contribution in [-0.2, 0) is 24.1 Å². The van der Waals surface area contributed by atoms with Gasteiger partial charge >= 0.3 is 0 Å². The number of piperidine rings is 1. The second-order valence-electron chi connectivity index (χ2n) is 7.94. The van der Waals surface area contributed by atoms with Crippen molar-refractivity contribution in [1.29, 1.82) is 0 Å². The first-order valence-electron chi connectivity index (χ1n) is 9.97. The molecule has 1 fully saturated rings. The zero-order valence-corrected chi connectivity index (χ0v) is 16.3. The van der Waals surface area contributed by atoms with Gasteiger partial charge < -0.3 is 9.64 Å². The van der Waals surface area contributed by atoms with Crippen LogP contribution in [0.1, 0.15) is 29.5 Å². The van der Waals surface area contributed by atoms with Crippen LogP contribution in [0.3, 0.4) is 0 Å². The van der Waals surface area contributed by atoms with Crippen molar-refractivity contribution < 1.29 is 9.13 Å². The number of hydrogen-bond acceptors (Lipinski definition) is 3. The summed E-state index contributed by atoms with van der Waals surface area (Å²) in [6, 6.07) is 14.5. The van der Waals surface area contributed by atoms with Crippen molar-refractivity contribution in [3.63, 3.8) is 0 Å². The average Bonchev–Trinajstić information content (AvgIpc) is 3.13. The number of ether oxygens (including phenoxy) is 1. The highest BCUT2D eigenvalue weighted by molar-refractivity contribution is 5.54. The zero-order chi connectivity index (χ0) is 18.8. The van der Waals surface area contributed by atoms with E-state index >= 15 is 0 Å². The third kappa shape index (κ3) is 4.02. The lowest BCUT2D eigenvalue weighted by Crippen LogP contribution is -2.38. The normalized spacial score (nSPS) is 18.3. The van der Waals surface area contributed by atoms with Crippen LogP contribution in [0.25, 0.3) is 0 Å². The van der Waals surface area contributed by atoms with Crippen LogP contribution in [0.5, 0.6) is 0 Å². The summed E-state index contributed by atoms with van der Waals surface area (Å²) in [4.78, 5) is 4.78. The second-order valence-corrected chi connectivity index (χ2v) is 7.94. The first-order chi connectivity index (χ1) is 13.1. The van der Waals surface area contributed by atoms with Gasteiger partial charge in [-0.15, -0.1) is 0 Å². The van der Waals surface area contributed by atoms with Gasteiger partial charge in [-0.05, 0) is 67.6 Å². The van der Waals surface area contributed by atoms with E-state index in [1.165, 1.54) is 16.8 Å². The summed E-state index contributed by atoms with van der Waals surface area (Å²) in [5, 5.41) is 0. The maximum absolute atomic E-state index is 14.0. The van der Waals surface area contributed by atoms with Crippen LogP contribution >= 0.6 is 0 Å². The van der Waals surface area contributed by atoms with Gasteiger partial charge in [0.2, 0.25) is 0 Å². The van der Waals surface area contributed by atoms with Crippen LogP contribution in [0, 0.1) is 5.82 Å². The summed E-state index contributed by atoms with van der Waals surface area (Å²) in [6.45, 7) is 2.71. The molecule has 0 unspecified atom stereocenters. The maximum Gasteiger partial charge on any atom is 0.123 e. The number of anilines is 1. The van der Waals surface area contributed by atoms with Crippen LogP contribution in [-0.4, -0.2) is 44.3 Å². The number of nitrogens with zero attached hydrogens (tertiary/aromatic N) is 2. The molecule has 0 atom stereocenters. The Labute approximate surface area is 161 Å². The summed E-state index contributed by atoms with van der Waals surface area (Å²) in [6.07, 6.45) is 4.57. The van der Waals surface area contributed by atoms with E-state index in [0.29, 0.717) is 12.1 Å². The average molecular weight is 368 g/mol. The number of rotatable bonds is 5. The Morgan fingerprint density at radius 3 is 2.37 bits per heavy atom. The largest absolute Gasteiger partial charge is 0.381 e. The summed E-state index contributed by atoms with van der Waals surface area (Å²) >= 11 is 0. The molecule has 3 nitrogen and oxygen atoms in total. The van der Waals surface area contributed by atoms with Gasteiger partial charge in [0, 0.05) is 38.5 Å². The fourth-order valence-corrected chi connectivity index (χ4v) is 4.57. The lowest BCUT2D eigenvalue weighted by molar-refractivity contribution is 0.0818. The molecule has 2 aliphatic rings.